The third-order valence-corrected chi connectivity index (χ3v) is 6.46. The fourth-order valence-corrected chi connectivity index (χ4v) is 4.95. The van der Waals surface area contributed by atoms with Crippen molar-refractivity contribution in [2.45, 2.75) is 52.0 Å². The quantitative estimate of drug-likeness (QED) is 0.859. The largest absolute Gasteiger partial charge is 0.348 e. The van der Waals surface area contributed by atoms with Crippen molar-refractivity contribution in [1.82, 2.24) is 14.5 Å². The van der Waals surface area contributed by atoms with Gasteiger partial charge in [-0.2, -0.15) is 0 Å². The lowest BCUT2D eigenvalue weighted by Gasteiger charge is -2.32. The molecule has 0 N–H and O–H groups in total. The minimum Gasteiger partial charge on any atom is -0.348 e. The first-order valence-corrected chi connectivity index (χ1v) is 9.77. The van der Waals surface area contributed by atoms with Gasteiger partial charge in [-0.1, -0.05) is 0 Å². The highest BCUT2D eigenvalue weighted by Crippen LogP contribution is 2.33. The van der Waals surface area contributed by atoms with E-state index in [0.29, 0.717) is 5.92 Å². The van der Waals surface area contributed by atoms with Gasteiger partial charge in [0.2, 0.25) is 0 Å². The average molecular weight is 344 g/mol. The molecule has 1 aliphatic heterocycles. The SMILES string of the molecule is Cc1cncn(CC2CCN(c3nc4c(s3)CCCC4)CC2)c1=O. The van der Waals surface area contributed by atoms with Crippen LogP contribution in [0.2, 0.25) is 0 Å². The molecule has 3 heterocycles. The third kappa shape index (κ3) is 3.11. The Morgan fingerprint density at radius 1 is 1.25 bits per heavy atom. The molecule has 0 saturated carbocycles. The van der Waals surface area contributed by atoms with Gasteiger partial charge in [-0.25, -0.2) is 9.97 Å². The fourth-order valence-electron chi connectivity index (χ4n) is 3.75. The molecule has 5 nitrogen and oxygen atoms in total. The van der Waals surface area contributed by atoms with Gasteiger partial charge in [0, 0.05) is 36.3 Å². The smallest absolute Gasteiger partial charge is 0.256 e. The molecular formula is C18H24N4OS. The van der Waals surface area contributed by atoms with Gasteiger partial charge < -0.3 is 4.90 Å². The molecule has 0 atom stereocenters. The molecule has 1 saturated heterocycles. The van der Waals surface area contributed by atoms with Crippen LogP contribution in [0.4, 0.5) is 5.13 Å². The Balaban J connectivity index is 1.39. The van der Waals surface area contributed by atoms with Crippen LogP contribution in [0, 0.1) is 12.8 Å². The third-order valence-electron chi connectivity index (χ3n) is 5.25. The van der Waals surface area contributed by atoms with E-state index in [2.05, 4.69) is 9.88 Å². The predicted molar refractivity (Wildman–Crippen MR) is 96.9 cm³/mol. The molecule has 0 bridgehead atoms. The highest BCUT2D eigenvalue weighted by atomic mass is 32.1. The summed E-state index contributed by atoms with van der Waals surface area (Å²) < 4.78 is 1.78. The van der Waals surface area contributed by atoms with Gasteiger partial charge in [0.25, 0.3) is 5.56 Å². The van der Waals surface area contributed by atoms with Crippen molar-refractivity contribution in [3.8, 4) is 0 Å². The van der Waals surface area contributed by atoms with Crippen LogP contribution in [0.3, 0.4) is 0 Å². The van der Waals surface area contributed by atoms with E-state index in [1.165, 1.54) is 35.0 Å². The second-order valence-corrected chi connectivity index (χ2v) is 8.10. The van der Waals surface area contributed by atoms with Gasteiger partial charge in [0.1, 0.15) is 0 Å². The molecule has 6 heteroatoms. The lowest BCUT2D eigenvalue weighted by molar-refractivity contribution is 0.350. The number of hydrogen-bond donors (Lipinski definition) is 0. The second-order valence-electron chi connectivity index (χ2n) is 7.04. The second kappa shape index (κ2) is 6.67. The first kappa shape index (κ1) is 15.8. The zero-order valence-corrected chi connectivity index (χ0v) is 15.0. The van der Waals surface area contributed by atoms with Crippen molar-refractivity contribution in [3.05, 3.63) is 39.0 Å². The summed E-state index contributed by atoms with van der Waals surface area (Å²) in [6.07, 6.45) is 10.5. The van der Waals surface area contributed by atoms with E-state index in [1.807, 2.05) is 18.3 Å². The van der Waals surface area contributed by atoms with E-state index in [9.17, 15) is 4.79 Å². The van der Waals surface area contributed by atoms with E-state index < -0.39 is 0 Å². The monoisotopic (exact) mass is 344 g/mol. The number of nitrogens with zero attached hydrogens (tertiary/aromatic N) is 4. The Morgan fingerprint density at radius 3 is 2.83 bits per heavy atom. The van der Waals surface area contributed by atoms with Crippen molar-refractivity contribution in [3.63, 3.8) is 0 Å². The van der Waals surface area contributed by atoms with Crippen LogP contribution in [-0.2, 0) is 19.4 Å². The zero-order valence-electron chi connectivity index (χ0n) is 14.2. The Morgan fingerprint density at radius 2 is 2.04 bits per heavy atom. The average Bonchev–Trinajstić information content (AvgIpc) is 3.04. The van der Waals surface area contributed by atoms with Crippen molar-refractivity contribution in [2.24, 2.45) is 5.92 Å². The van der Waals surface area contributed by atoms with E-state index in [-0.39, 0.29) is 5.56 Å². The van der Waals surface area contributed by atoms with Crippen LogP contribution < -0.4 is 10.5 Å². The number of fused-ring (bicyclic) bond motifs is 1. The number of thiazole rings is 1. The molecule has 2 aromatic heterocycles. The van der Waals surface area contributed by atoms with Gasteiger partial charge in [-0.15, -0.1) is 11.3 Å². The number of anilines is 1. The number of piperidine rings is 1. The normalized spacial score (nSPS) is 18.6. The minimum absolute atomic E-state index is 0.0972. The summed E-state index contributed by atoms with van der Waals surface area (Å²) in [6.45, 7) is 4.71. The van der Waals surface area contributed by atoms with Crippen LogP contribution in [0.5, 0.6) is 0 Å². The van der Waals surface area contributed by atoms with E-state index in [4.69, 9.17) is 4.98 Å². The summed E-state index contributed by atoms with van der Waals surface area (Å²) in [5.74, 6) is 0.553. The topological polar surface area (TPSA) is 51.0 Å². The summed E-state index contributed by atoms with van der Waals surface area (Å²) in [7, 11) is 0. The number of rotatable bonds is 3. The van der Waals surface area contributed by atoms with Crippen molar-refractivity contribution < 1.29 is 0 Å². The maximum absolute atomic E-state index is 12.1. The Labute approximate surface area is 146 Å². The van der Waals surface area contributed by atoms with Gasteiger partial charge in [-0.3, -0.25) is 9.36 Å². The fraction of sp³-hybridized carbons (Fsp3) is 0.611. The van der Waals surface area contributed by atoms with E-state index in [1.54, 1.807) is 17.1 Å². The Hall–Kier alpha value is -1.69. The highest BCUT2D eigenvalue weighted by Gasteiger charge is 2.24. The molecule has 1 aliphatic carbocycles. The summed E-state index contributed by atoms with van der Waals surface area (Å²) in [4.78, 5) is 25.1. The molecule has 0 unspecified atom stereocenters. The summed E-state index contributed by atoms with van der Waals surface area (Å²) in [5.41, 5.74) is 2.17. The van der Waals surface area contributed by atoms with Crippen LogP contribution in [0.1, 0.15) is 41.8 Å². The molecule has 2 aliphatic rings. The highest BCUT2D eigenvalue weighted by molar-refractivity contribution is 7.15. The molecular weight excluding hydrogens is 320 g/mol. The maximum atomic E-state index is 12.1. The molecule has 2 aromatic rings. The molecule has 0 aromatic carbocycles. The summed E-state index contributed by atoms with van der Waals surface area (Å²) in [5, 5.41) is 1.22. The molecule has 128 valence electrons. The van der Waals surface area contributed by atoms with Crippen LogP contribution >= 0.6 is 11.3 Å². The molecule has 0 spiro atoms. The van der Waals surface area contributed by atoms with Crippen molar-refractivity contribution in [2.75, 3.05) is 18.0 Å². The predicted octanol–water partition coefficient (Wildman–Crippen LogP) is 2.80. The van der Waals surface area contributed by atoms with Gasteiger partial charge in [-0.05, 0) is 51.4 Å². The number of aryl methyl sites for hydroxylation is 3. The molecule has 24 heavy (non-hydrogen) atoms. The molecule has 1 fully saturated rings. The van der Waals surface area contributed by atoms with Gasteiger partial charge >= 0.3 is 0 Å². The maximum Gasteiger partial charge on any atom is 0.256 e. The zero-order chi connectivity index (χ0) is 16.5. The summed E-state index contributed by atoms with van der Waals surface area (Å²) >= 11 is 1.90. The van der Waals surface area contributed by atoms with E-state index in [0.717, 1.165) is 44.5 Å². The van der Waals surface area contributed by atoms with E-state index >= 15 is 0 Å². The van der Waals surface area contributed by atoms with Gasteiger partial charge in [0.05, 0.1) is 12.0 Å². The molecule has 4 rings (SSSR count). The summed E-state index contributed by atoms with van der Waals surface area (Å²) in [6, 6.07) is 0. The first-order valence-electron chi connectivity index (χ1n) is 8.95. The Kier molecular flexibility index (Phi) is 4.39. The van der Waals surface area contributed by atoms with Crippen LogP contribution in [0.15, 0.2) is 17.3 Å². The standard InChI is InChI=1S/C18H24N4OS/c1-13-10-19-12-22(17(13)23)11-14-6-8-21(9-7-14)18-20-15-4-2-3-5-16(15)24-18/h10,12,14H,2-9,11H2,1H3. The minimum atomic E-state index is 0.0972. The van der Waals surface area contributed by atoms with Gasteiger partial charge in [0.15, 0.2) is 5.13 Å². The lowest BCUT2D eigenvalue weighted by atomic mass is 9.97. The van der Waals surface area contributed by atoms with Crippen LogP contribution in [-0.4, -0.2) is 27.6 Å². The van der Waals surface area contributed by atoms with Crippen molar-refractivity contribution >= 4 is 16.5 Å². The Bertz CT molecular complexity index is 750. The molecule has 0 amide bonds. The molecule has 0 radical (unpaired) electrons. The lowest BCUT2D eigenvalue weighted by Crippen LogP contribution is -2.36. The first-order chi connectivity index (χ1) is 11.7. The van der Waals surface area contributed by atoms with Crippen LogP contribution in [0.25, 0.3) is 0 Å². The van der Waals surface area contributed by atoms with Crippen molar-refractivity contribution in [1.29, 1.82) is 0 Å². The number of hydrogen-bond acceptors (Lipinski definition) is 5. The number of aromatic nitrogens is 3.